The van der Waals surface area contributed by atoms with Gasteiger partial charge in [-0.25, -0.2) is 0 Å². The molecule has 0 unspecified atom stereocenters. The van der Waals surface area contributed by atoms with Crippen LogP contribution in [0.4, 0.5) is 0 Å². The molecule has 112 valence electrons. The van der Waals surface area contributed by atoms with Crippen molar-refractivity contribution in [1.29, 1.82) is 0 Å². The Morgan fingerprint density at radius 3 is 2.68 bits per heavy atom. The summed E-state index contributed by atoms with van der Waals surface area (Å²) in [6, 6.07) is 15.6. The molecule has 2 N–H and O–H groups in total. The van der Waals surface area contributed by atoms with Crippen molar-refractivity contribution in [2.45, 2.75) is 19.3 Å². The van der Waals surface area contributed by atoms with Crippen LogP contribution < -0.4 is 5.32 Å². The lowest BCUT2D eigenvalue weighted by Crippen LogP contribution is -2.28. The van der Waals surface area contributed by atoms with Gasteiger partial charge in [-0.3, -0.25) is 4.79 Å². The number of carbonyl (C=O) groups excluding carboxylic acids is 1. The fraction of sp³-hybridized carbons (Fsp3) is 0.235. The Kier molecular flexibility index (Phi) is 4.14. The molecule has 0 aliphatic heterocycles. The Balaban J connectivity index is 1.68. The monoisotopic (exact) mass is 294 g/mol. The molecule has 1 heterocycles. The second-order valence-corrected chi connectivity index (χ2v) is 5.25. The molecule has 5 nitrogen and oxygen atoms in total. The molecule has 0 spiro atoms. The van der Waals surface area contributed by atoms with Crippen LogP contribution in [0.5, 0.6) is 0 Å². The molecular formula is C17H18N4O. The lowest BCUT2D eigenvalue weighted by Gasteiger charge is -2.16. The lowest BCUT2D eigenvalue weighted by molar-refractivity contribution is 0.0951. The van der Waals surface area contributed by atoms with E-state index in [4.69, 9.17) is 0 Å². The number of hydrogen-bond acceptors (Lipinski definition) is 3. The van der Waals surface area contributed by atoms with Gasteiger partial charge in [0, 0.05) is 18.0 Å². The summed E-state index contributed by atoms with van der Waals surface area (Å²) in [5.41, 5.74) is 3.30. The molecule has 3 aromatic rings. The third-order valence-corrected chi connectivity index (χ3v) is 3.85. The summed E-state index contributed by atoms with van der Waals surface area (Å²) in [5.74, 6) is 0.236. The molecule has 1 amide bonds. The highest BCUT2D eigenvalue weighted by molar-refractivity contribution is 5.97. The number of nitrogens with one attached hydrogen (secondary N) is 2. The number of carbonyl (C=O) groups is 1. The fourth-order valence-electron chi connectivity index (χ4n) is 2.52. The van der Waals surface area contributed by atoms with Crippen molar-refractivity contribution < 1.29 is 4.79 Å². The molecule has 1 atom stereocenters. The number of nitrogens with zero attached hydrogens (tertiary/aromatic N) is 2. The van der Waals surface area contributed by atoms with E-state index in [0.717, 1.165) is 11.9 Å². The van der Waals surface area contributed by atoms with Crippen LogP contribution in [0.2, 0.25) is 0 Å². The number of rotatable bonds is 5. The summed E-state index contributed by atoms with van der Waals surface area (Å²) in [7, 11) is 0. The van der Waals surface area contributed by atoms with E-state index in [1.165, 1.54) is 5.56 Å². The SMILES string of the molecule is CC[C@H](CNC(=O)c1ccc2n[nH]nc2c1)c1ccccc1. The summed E-state index contributed by atoms with van der Waals surface area (Å²) in [6.07, 6.45) is 0.979. The van der Waals surface area contributed by atoms with Gasteiger partial charge in [0.25, 0.3) is 5.91 Å². The molecule has 1 aromatic heterocycles. The molecule has 0 saturated carbocycles. The molecule has 0 fully saturated rings. The maximum absolute atomic E-state index is 12.3. The van der Waals surface area contributed by atoms with E-state index < -0.39 is 0 Å². The van der Waals surface area contributed by atoms with Gasteiger partial charge < -0.3 is 5.32 Å². The van der Waals surface area contributed by atoms with E-state index in [9.17, 15) is 4.79 Å². The molecule has 0 bridgehead atoms. The summed E-state index contributed by atoms with van der Waals surface area (Å²) in [5, 5.41) is 13.5. The molecule has 0 saturated heterocycles. The minimum absolute atomic E-state index is 0.0840. The number of benzene rings is 2. The van der Waals surface area contributed by atoms with Crippen molar-refractivity contribution in [3.05, 3.63) is 59.7 Å². The van der Waals surface area contributed by atoms with Gasteiger partial charge in [0.05, 0.1) is 0 Å². The molecule has 0 aliphatic carbocycles. The Hall–Kier alpha value is -2.69. The number of fused-ring (bicyclic) bond motifs is 1. The number of amides is 1. The third-order valence-electron chi connectivity index (χ3n) is 3.85. The van der Waals surface area contributed by atoms with Crippen molar-refractivity contribution in [1.82, 2.24) is 20.7 Å². The molecule has 3 rings (SSSR count). The summed E-state index contributed by atoms with van der Waals surface area (Å²) < 4.78 is 0. The number of aromatic amines is 1. The van der Waals surface area contributed by atoms with Gasteiger partial charge >= 0.3 is 0 Å². The van der Waals surface area contributed by atoms with Gasteiger partial charge in [0.2, 0.25) is 0 Å². The lowest BCUT2D eigenvalue weighted by atomic mass is 9.96. The molecule has 5 heteroatoms. The number of hydrogen-bond donors (Lipinski definition) is 2. The van der Waals surface area contributed by atoms with Crippen LogP contribution in [-0.2, 0) is 0 Å². The van der Waals surface area contributed by atoms with E-state index in [1.54, 1.807) is 18.2 Å². The summed E-state index contributed by atoms with van der Waals surface area (Å²) >= 11 is 0. The van der Waals surface area contributed by atoms with Crippen LogP contribution in [0.1, 0.15) is 35.2 Å². The zero-order valence-electron chi connectivity index (χ0n) is 12.4. The van der Waals surface area contributed by atoms with Gasteiger partial charge in [0.15, 0.2) is 0 Å². The van der Waals surface area contributed by atoms with E-state index in [1.807, 2.05) is 18.2 Å². The number of H-pyrrole nitrogens is 1. The van der Waals surface area contributed by atoms with E-state index in [2.05, 4.69) is 39.8 Å². The van der Waals surface area contributed by atoms with Crippen molar-refractivity contribution >= 4 is 16.9 Å². The van der Waals surface area contributed by atoms with E-state index >= 15 is 0 Å². The van der Waals surface area contributed by atoms with Crippen LogP contribution in [0.25, 0.3) is 11.0 Å². The van der Waals surface area contributed by atoms with Crippen molar-refractivity contribution in [2.75, 3.05) is 6.54 Å². The normalized spacial score (nSPS) is 12.2. The first kappa shape index (κ1) is 14.3. The van der Waals surface area contributed by atoms with Crippen LogP contribution >= 0.6 is 0 Å². The topological polar surface area (TPSA) is 70.7 Å². The number of aromatic nitrogens is 3. The van der Waals surface area contributed by atoms with Gasteiger partial charge in [-0.2, -0.15) is 15.4 Å². The first-order valence-corrected chi connectivity index (χ1v) is 7.41. The molecule has 0 aliphatic rings. The smallest absolute Gasteiger partial charge is 0.251 e. The predicted octanol–water partition coefficient (Wildman–Crippen LogP) is 2.88. The van der Waals surface area contributed by atoms with Crippen molar-refractivity contribution in [3.8, 4) is 0 Å². The maximum atomic E-state index is 12.3. The largest absolute Gasteiger partial charge is 0.351 e. The first-order valence-electron chi connectivity index (χ1n) is 7.41. The zero-order chi connectivity index (χ0) is 15.4. The zero-order valence-corrected chi connectivity index (χ0v) is 12.4. The van der Waals surface area contributed by atoms with Crippen molar-refractivity contribution in [2.24, 2.45) is 0 Å². The Morgan fingerprint density at radius 1 is 1.14 bits per heavy atom. The third kappa shape index (κ3) is 2.98. The quantitative estimate of drug-likeness (QED) is 0.760. The van der Waals surface area contributed by atoms with Crippen LogP contribution in [-0.4, -0.2) is 27.9 Å². The van der Waals surface area contributed by atoms with Gasteiger partial charge in [-0.1, -0.05) is 37.3 Å². The van der Waals surface area contributed by atoms with Gasteiger partial charge in [-0.05, 0) is 30.2 Å². The van der Waals surface area contributed by atoms with Crippen LogP contribution in [0.15, 0.2) is 48.5 Å². The molecule has 0 radical (unpaired) electrons. The molecule has 2 aromatic carbocycles. The Bertz CT molecular complexity index is 766. The second-order valence-electron chi connectivity index (χ2n) is 5.25. The Morgan fingerprint density at radius 2 is 1.91 bits per heavy atom. The van der Waals surface area contributed by atoms with Gasteiger partial charge in [0.1, 0.15) is 11.0 Å². The minimum Gasteiger partial charge on any atom is -0.351 e. The average molecular weight is 294 g/mol. The van der Waals surface area contributed by atoms with Crippen LogP contribution in [0, 0.1) is 0 Å². The van der Waals surface area contributed by atoms with Gasteiger partial charge in [-0.15, -0.1) is 0 Å². The fourth-order valence-corrected chi connectivity index (χ4v) is 2.52. The second kappa shape index (κ2) is 6.39. The van der Waals surface area contributed by atoms with E-state index in [0.29, 0.717) is 23.5 Å². The molecule has 22 heavy (non-hydrogen) atoms. The highest BCUT2D eigenvalue weighted by atomic mass is 16.1. The Labute approximate surface area is 128 Å². The van der Waals surface area contributed by atoms with E-state index in [-0.39, 0.29) is 5.91 Å². The van der Waals surface area contributed by atoms with Crippen molar-refractivity contribution in [3.63, 3.8) is 0 Å². The standard InChI is InChI=1S/C17H18N4O/c1-2-12(13-6-4-3-5-7-13)11-18-17(22)14-8-9-15-16(10-14)20-21-19-15/h3-10,12H,2,11H2,1H3,(H,18,22)(H,19,20,21)/t12-/m1/s1. The maximum Gasteiger partial charge on any atom is 0.251 e. The highest BCUT2D eigenvalue weighted by Crippen LogP contribution is 2.18. The van der Waals surface area contributed by atoms with Crippen LogP contribution in [0.3, 0.4) is 0 Å². The average Bonchev–Trinajstić information content (AvgIpc) is 3.03. The summed E-state index contributed by atoms with van der Waals surface area (Å²) in [6.45, 7) is 2.75. The first-order chi connectivity index (χ1) is 10.8. The molecular weight excluding hydrogens is 276 g/mol. The summed E-state index contributed by atoms with van der Waals surface area (Å²) in [4.78, 5) is 12.3. The highest BCUT2D eigenvalue weighted by Gasteiger charge is 2.12. The predicted molar refractivity (Wildman–Crippen MR) is 85.7 cm³/mol. The minimum atomic E-state index is -0.0840.